The molecule has 1 fully saturated rings. The Bertz CT molecular complexity index is 1420. The minimum absolute atomic E-state index is 0.222. The fraction of sp³-hybridized carbons (Fsp3) is 0.407. The largest absolute Gasteiger partial charge is 0.522 e. The van der Waals surface area contributed by atoms with Gasteiger partial charge in [-0.15, -0.1) is 0 Å². The number of aromatic nitrogens is 1. The highest BCUT2D eigenvalue weighted by atomic mass is 32.2. The van der Waals surface area contributed by atoms with Gasteiger partial charge in [0, 0.05) is 24.7 Å². The second kappa shape index (κ2) is 12.6. The molecule has 8 nitrogen and oxygen atoms in total. The Hall–Kier alpha value is -3.16. The maximum atomic E-state index is 10.9. The van der Waals surface area contributed by atoms with Crippen LogP contribution in [-0.4, -0.2) is 52.5 Å². The highest BCUT2D eigenvalue weighted by Gasteiger charge is 2.44. The number of carboxylic acids is 1. The van der Waals surface area contributed by atoms with Gasteiger partial charge in [-0.25, -0.2) is 4.98 Å². The van der Waals surface area contributed by atoms with Crippen LogP contribution < -0.4 is 4.74 Å². The Balaban J connectivity index is 0.000000406. The number of nitrogens with zero attached hydrogens (tertiary/aromatic N) is 2. The number of hydrogen-bond acceptors (Lipinski definition) is 7. The zero-order valence-corrected chi connectivity index (χ0v) is 23.0. The Kier molecular flexibility index (Phi) is 9.37. The number of rotatable bonds is 8. The number of aliphatic carboxylic acids is 1. The van der Waals surface area contributed by atoms with E-state index >= 15 is 0 Å². The molecule has 3 aromatic rings. The highest BCUT2D eigenvalue weighted by Crippen LogP contribution is 2.42. The van der Waals surface area contributed by atoms with Gasteiger partial charge in [0.05, 0.1) is 16.6 Å². The van der Waals surface area contributed by atoms with E-state index in [2.05, 4.69) is 34.2 Å². The normalized spacial score (nSPS) is 19.0. The third-order valence-electron chi connectivity index (χ3n) is 7.01. The van der Waals surface area contributed by atoms with E-state index in [0.717, 1.165) is 41.8 Å². The number of para-hydroxylation sites is 1. The van der Waals surface area contributed by atoms with Gasteiger partial charge in [-0.05, 0) is 67.9 Å². The average Bonchev–Trinajstić information content (AvgIpc) is 3.50. The fourth-order valence-electron chi connectivity index (χ4n) is 5.10. The standard InChI is InChI=1S/C26H28N2O3S.CHF3O3S/c29-25(30)15-17-28-16-14-21-19(4-3-6-23(21)28)11-8-18-9-12-20(13-10-18)31-26-27-22-5-1-2-7-24(22)32-26;2-1(3,4)8(5,6)7/h1-2,5-7,9-10,12-13,19,21H,3-4,8,11,14-17H2,(H,29,30);(H,5,6,7). The van der Waals surface area contributed by atoms with Crippen molar-refractivity contribution < 1.29 is 40.8 Å². The van der Waals surface area contributed by atoms with Gasteiger partial charge in [-0.2, -0.15) is 21.6 Å². The smallest absolute Gasteiger partial charge is 0.481 e. The van der Waals surface area contributed by atoms with Crippen molar-refractivity contribution in [2.45, 2.75) is 44.0 Å². The van der Waals surface area contributed by atoms with Gasteiger partial charge in [0.1, 0.15) is 5.75 Å². The molecule has 2 unspecified atom stereocenters. The van der Waals surface area contributed by atoms with E-state index < -0.39 is 21.6 Å². The number of carbonyl (C=O) groups is 1. The summed E-state index contributed by atoms with van der Waals surface area (Å²) in [5.74, 6) is 1.39. The van der Waals surface area contributed by atoms with Crippen LogP contribution in [-0.2, 0) is 21.3 Å². The Labute approximate surface area is 233 Å². The van der Waals surface area contributed by atoms with Gasteiger partial charge < -0.3 is 14.7 Å². The summed E-state index contributed by atoms with van der Waals surface area (Å²) < 4.78 is 64.6. The number of thiazole rings is 1. The number of allylic oxidation sites excluding steroid dienone is 2. The quantitative estimate of drug-likeness (QED) is 0.223. The zero-order chi connectivity index (χ0) is 28.9. The first-order valence-electron chi connectivity index (χ1n) is 12.7. The van der Waals surface area contributed by atoms with Crippen molar-refractivity contribution in [3.05, 3.63) is 65.9 Å². The number of carboxylic acid groups (broad SMARTS) is 1. The van der Waals surface area contributed by atoms with E-state index in [1.807, 2.05) is 30.3 Å². The van der Waals surface area contributed by atoms with Crippen LogP contribution in [0.4, 0.5) is 13.2 Å². The highest BCUT2D eigenvalue weighted by molar-refractivity contribution is 7.86. The van der Waals surface area contributed by atoms with Gasteiger partial charge in [0.2, 0.25) is 0 Å². The molecule has 40 heavy (non-hydrogen) atoms. The van der Waals surface area contributed by atoms with Crippen molar-refractivity contribution in [3.63, 3.8) is 0 Å². The summed E-state index contributed by atoms with van der Waals surface area (Å²) >= 11 is 1.56. The molecule has 2 atom stereocenters. The van der Waals surface area contributed by atoms with Gasteiger partial charge in [-0.1, -0.05) is 41.7 Å². The Morgan fingerprint density at radius 3 is 2.48 bits per heavy atom. The first-order chi connectivity index (χ1) is 18.9. The number of benzene rings is 2. The molecule has 2 heterocycles. The topological polar surface area (TPSA) is 117 Å². The van der Waals surface area contributed by atoms with Crippen LogP contribution in [0.2, 0.25) is 0 Å². The van der Waals surface area contributed by atoms with E-state index in [1.54, 1.807) is 11.3 Å². The van der Waals surface area contributed by atoms with E-state index in [0.29, 0.717) is 23.6 Å². The Morgan fingerprint density at radius 1 is 1.12 bits per heavy atom. The lowest BCUT2D eigenvalue weighted by Gasteiger charge is -2.31. The summed E-state index contributed by atoms with van der Waals surface area (Å²) in [4.78, 5) is 17.8. The van der Waals surface area contributed by atoms with Crippen molar-refractivity contribution in [1.29, 1.82) is 0 Å². The molecule has 1 aliphatic heterocycles. The third kappa shape index (κ3) is 7.73. The lowest BCUT2D eigenvalue weighted by Crippen LogP contribution is -2.26. The number of halogens is 3. The van der Waals surface area contributed by atoms with Crippen LogP contribution in [0.3, 0.4) is 0 Å². The molecule has 1 saturated heterocycles. The third-order valence-corrected chi connectivity index (χ3v) is 8.51. The molecule has 2 N–H and O–H groups in total. The first-order valence-corrected chi connectivity index (χ1v) is 15.0. The van der Waals surface area contributed by atoms with Crippen molar-refractivity contribution in [1.82, 2.24) is 9.88 Å². The van der Waals surface area contributed by atoms with E-state index in [4.69, 9.17) is 22.8 Å². The van der Waals surface area contributed by atoms with Gasteiger partial charge >= 0.3 is 21.6 Å². The first kappa shape index (κ1) is 29.8. The zero-order valence-electron chi connectivity index (χ0n) is 21.4. The molecule has 2 aromatic carbocycles. The molecule has 2 aliphatic rings. The molecular weight excluding hydrogens is 569 g/mol. The molecule has 0 radical (unpaired) electrons. The van der Waals surface area contributed by atoms with Gasteiger partial charge in [-0.3, -0.25) is 9.35 Å². The number of alkyl halides is 3. The summed E-state index contributed by atoms with van der Waals surface area (Å²) in [5.41, 5.74) is -1.83. The summed E-state index contributed by atoms with van der Waals surface area (Å²) in [5, 5.41) is 9.68. The number of likely N-dealkylation sites (tertiary alicyclic amines) is 1. The number of fused-ring (bicyclic) bond motifs is 2. The lowest BCUT2D eigenvalue weighted by molar-refractivity contribution is -0.137. The molecule has 5 rings (SSSR count). The van der Waals surface area contributed by atoms with Crippen LogP contribution in [0.1, 0.15) is 37.7 Å². The molecule has 0 spiro atoms. The van der Waals surface area contributed by atoms with Gasteiger partial charge in [0.25, 0.3) is 5.19 Å². The summed E-state index contributed by atoms with van der Waals surface area (Å²) in [6.07, 6.45) is 8.31. The lowest BCUT2D eigenvalue weighted by atomic mass is 9.78. The summed E-state index contributed by atoms with van der Waals surface area (Å²) in [7, 11) is -5.84. The number of aryl methyl sites for hydroxylation is 1. The molecule has 1 aromatic heterocycles. The van der Waals surface area contributed by atoms with Gasteiger partial charge in [0.15, 0.2) is 0 Å². The van der Waals surface area contributed by atoms with Crippen LogP contribution in [0.25, 0.3) is 10.2 Å². The number of hydrogen-bond donors (Lipinski definition) is 2. The molecule has 0 amide bonds. The second-order valence-corrected chi connectivity index (χ2v) is 12.1. The number of ether oxygens (including phenoxy) is 1. The van der Waals surface area contributed by atoms with E-state index in [-0.39, 0.29) is 6.42 Å². The second-order valence-electron chi connectivity index (χ2n) is 9.65. The van der Waals surface area contributed by atoms with Crippen LogP contribution in [0.15, 0.2) is 60.3 Å². The average molecular weight is 599 g/mol. The van der Waals surface area contributed by atoms with Crippen LogP contribution in [0.5, 0.6) is 10.9 Å². The summed E-state index contributed by atoms with van der Waals surface area (Å²) in [6, 6.07) is 16.5. The summed E-state index contributed by atoms with van der Waals surface area (Å²) in [6.45, 7) is 1.64. The van der Waals surface area contributed by atoms with E-state index in [1.165, 1.54) is 24.1 Å². The van der Waals surface area contributed by atoms with Crippen molar-refractivity contribution >= 4 is 37.6 Å². The van der Waals surface area contributed by atoms with E-state index in [9.17, 15) is 18.0 Å². The SMILES string of the molecule is O=C(O)CCN1CCC2C1=CCCC2CCc1ccc(Oc2nc3ccccc3s2)cc1.O=S(=O)(O)C(F)(F)F. The van der Waals surface area contributed by atoms with Crippen molar-refractivity contribution in [2.75, 3.05) is 13.1 Å². The molecule has 216 valence electrons. The van der Waals surface area contributed by atoms with Crippen LogP contribution >= 0.6 is 11.3 Å². The predicted octanol–water partition coefficient (Wildman–Crippen LogP) is 6.51. The molecule has 13 heteroatoms. The maximum Gasteiger partial charge on any atom is 0.522 e. The minimum Gasteiger partial charge on any atom is -0.481 e. The van der Waals surface area contributed by atoms with Crippen molar-refractivity contribution in [2.24, 2.45) is 11.8 Å². The molecule has 0 saturated carbocycles. The molecular formula is C27H29F3N2O6S2. The molecule has 0 bridgehead atoms. The fourth-order valence-corrected chi connectivity index (χ4v) is 5.93. The monoisotopic (exact) mass is 598 g/mol. The van der Waals surface area contributed by atoms with Crippen LogP contribution in [0, 0.1) is 11.8 Å². The predicted molar refractivity (Wildman–Crippen MR) is 145 cm³/mol. The maximum absolute atomic E-state index is 10.9. The Morgan fingerprint density at radius 2 is 1.82 bits per heavy atom. The van der Waals surface area contributed by atoms with Crippen molar-refractivity contribution in [3.8, 4) is 10.9 Å². The minimum atomic E-state index is -5.84. The molecule has 1 aliphatic carbocycles.